The molecule has 0 amide bonds. The van der Waals surface area contributed by atoms with Gasteiger partial charge in [-0.15, -0.1) is 24.8 Å². The highest BCUT2D eigenvalue weighted by Gasteiger charge is 2.05. The predicted octanol–water partition coefficient (Wildman–Crippen LogP) is 5.45. The lowest BCUT2D eigenvalue weighted by Gasteiger charge is -2.09. The summed E-state index contributed by atoms with van der Waals surface area (Å²) < 4.78 is 0. The monoisotopic (exact) mass is 424 g/mol. The van der Waals surface area contributed by atoms with E-state index in [-0.39, 0.29) is 24.8 Å². The molecule has 1 aromatic heterocycles. The highest BCUT2D eigenvalue weighted by Crippen LogP contribution is 2.21. The third-order valence-corrected chi connectivity index (χ3v) is 4.09. The van der Waals surface area contributed by atoms with E-state index in [0.717, 1.165) is 46.7 Å². The van der Waals surface area contributed by atoms with Crippen LogP contribution >= 0.6 is 36.4 Å². The van der Waals surface area contributed by atoms with Crippen LogP contribution in [0.25, 0.3) is 23.1 Å². The van der Waals surface area contributed by atoms with Gasteiger partial charge >= 0.3 is 0 Å². The van der Waals surface area contributed by atoms with Crippen LogP contribution in [0, 0.1) is 0 Å². The summed E-state index contributed by atoms with van der Waals surface area (Å²) in [6.45, 7) is 1.56. The maximum atomic E-state index is 5.92. The van der Waals surface area contributed by atoms with E-state index in [4.69, 9.17) is 17.3 Å². The van der Waals surface area contributed by atoms with Gasteiger partial charge in [-0.3, -0.25) is 0 Å². The molecule has 0 unspecified atom stereocenters. The van der Waals surface area contributed by atoms with E-state index in [1.807, 2.05) is 60.7 Å². The van der Waals surface area contributed by atoms with E-state index in [9.17, 15) is 0 Å². The lowest BCUT2D eigenvalue weighted by atomic mass is 10.2. The molecule has 0 aliphatic rings. The van der Waals surface area contributed by atoms with Gasteiger partial charge < -0.3 is 11.1 Å². The minimum Gasteiger partial charge on any atom is -0.369 e. The van der Waals surface area contributed by atoms with Crippen LogP contribution < -0.4 is 11.1 Å². The fraction of sp³-hybridized carbons (Fsp3) is 0.200. The van der Waals surface area contributed by atoms with Crippen LogP contribution in [0.5, 0.6) is 0 Å². The second-order valence-electron chi connectivity index (χ2n) is 5.76. The first kappa shape index (κ1) is 23.2. The SMILES string of the molecule is Cl.Cl.NCCCCNc1nc(C=Cc2ccc(Cl)cc2)nc2ccccc12. The van der Waals surface area contributed by atoms with Gasteiger partial charge in [-0.05, 0) is 55.3 Å². The molecule has 3 rings (SSSR count). The normalized spacial score (nSPS) is 10.4. The molecule has 0 fully saturated rings. The van der Waals surface area contributed by atoms with Crippen LogP contribution in [-0.4, -0.2) is 23.1 Å². The first-order valence-corrected chi connectivity index (χ1v) is 8.78. The van der Waals surface area contributed by atoms with Crippen LogP contribution in [0.3, 0.4) is 0 Å². The van der Waals surface area contributed by atoms with Gasteiger partial charge in [0.2, 0.25) is 0 Å². The van der Waals surface area contributed by atoms with Crippen molar-refractivity contribution in [3.05, 3.63) is 64.9 Å². The molecule has 4 nitrogen and oxygen atoms in total. The van der Waals surface area contributed by atoms with Gasteiger partial charge in [0.05, 0.1) is 5.52 Å². The number of hydrogen-bond donors (Lipinski definition) is 2. The molecular formula is C20H23Cl3N4. The molecule has 3 aromatic rings. The summed E-state index contributed by atoms with van der Waals surface area (Å²) in [6, 6.07) is 15.7. The average molecular weight is 426 g/mol. The summed E-state index contributed by atoms with van der Waals surface area (Å²) in [5, 5.41) is 5.16. The van der Waals surface area contributed by atoms with Gasteiger partial charge in [0, 0.05) is 17.0 Å². The number of fused-ring (bicyclic) bond motifs is 1. The molecule has 144 valence electrons. The van der Waals surface area contributed by atoms with E-state index in [1.54, 1.807) is 0 Å². The minimum absolute atomic E-state index is 0. The van der Waals surface area contributed by atoms with Crippen molar-refractivity contribution in [1.29, 1.82) is 0 Å². The highest BCUT2D eigenvalue weighted by atomic mass is 35.5. The standard InChI is InChI=1S/C20H21ClN4.2ClH/c21-16-10-7-15(8-11-16)9-12-19-24-18-6-2-1-5-17(18)20(25-19)23-14-4-3-13-22;;/h1-2,5-12H,3-4,13-14,22H2,(H,23,24,25);2*1H. The van der Waals surface area contributed by atoms with Crippen LogP contribution in [0.4, 0.5) is 5.82 Å². The summed E-state index contributed by atoms with van der Waals surface area (Å²) in [5.74, 6) is 1.54. The second-order valence-corrected chi connectivity index (χ2v) is 6.19. The number of nitrogens with one attached hydrogen (secondary N) is 1. The van der Waals surface area contributed by atoms with E-state index in [2.05, 4.69) is 15.3 Å². The molecule has 0 atom stereocenters. The molecule has 0 aliphatic carbocycles. The number of rotatable bonds is 7. The molecule has 7 heteroatoms. The van der Waals surface area contributed by atoms with E-state index in [1.165, 1.54) is 0 Å². The van der Waals surface area contributed by atoms with Gasteiger partial charge in [0.1, 0.15) is 5.82 Å². The predicted molar refractivity (Wildman–Crippen MR) is 121 cm³/mol. The first-order valence-electron chi connectivity index (χ1n) is 8.40. The number of halogens is 3. The van der Waals surface area contributed by atoms with Crippen molar-refractivity contribution in [3.8, 4) is 0 Å². The van der Waals surface area contributed by atoms with Gasteiger partial charge in [-0.1, -0.05) is 41.9 Å². The maximum absolute atomic E-state index is 5.92. The Hall–Kier alpha value is -1.85. The summed E-state index contributed by atoms with van der Waals surface area (Å²) in [4.78, 5) is 9.29. The molecule has 2 aromatic carbocycles. The number of unbranched alkanes of at least 4 members (excludes halogenated alkanes) is 1. The molecule has 3 N–H and O–H groups in total. The molecule has 0 aliphatic heterocycles. The third-order valence-electron chi connectivity index (χ3n) is 3.84. The van der Waals surface area contributed by atoms with E-state index in [0.29, 0.717) is 12.4 Å². The van der Waals surface area contributed by atoms with E-state index >= 15 is 0 Å². The smallest absolute Gasteiger partial charge is 0.154 e. The number of aromatic nitrogens is 2. The number of para-hydroxylation sites is 1. The number of nitrogens with zero attached hydrogens (tertiary/aromatic N) is 2. The fourth-order valence-corrected chi connectivity index (χ4v) is 2.65. The Bertz CT molecular complexity index is 867. The zero-order valence-electron chi connectivity index (χ0n) is 14.8. The Morgan fingerprint density at radius 1 is 0.926 bits per heavy atom. The average Bonchev–Trinajstić information content (AvgIpc) is 2.64. The van der Waals surface area contributed by atoms with Crippen LogP contribution in [0.1, 0.15) is 24.2 Å². The summed E-state index contributed by atoms with van der Waals surface area (Å²) in [5.41, 5.74) is 7.54. The molecule has 0 radical (unpaired) electrons. The van der Waals surface area contributed by atoms with Crippen molar-refractivity contribution in [2.24, 2.45) is 5.73 Å². The Morgan fingerprint density at radius 3 is 2.41 bits per heavy atom. The fourth-order valence-electron chi connectivity index (χ4n) is 2.52. The van der Waals surface area contributed by atoms with Gasteiger partial charge in [0.25, 0.3) is 0 Å². The molecule has 0 saturated carbocycles. The van der Waals surface area contributed by atoms with Crippen LogP contribution in [-0.2, 0) is 0 Å². The van der Waals surface area contributed by atoms with Gasteiger partial charge in [0.15, 0.2) is 5.82 Å². The van der Waals surface area contributed by atoms with Gasteiger partial charge in [-0.25, -0.2) is 9.97 Å². The van der Waals surface area contributed by atoms with Crippen molar-refractivity contribution in [2.45, 2.75) is 12.8 Å². The Kier molecular flexibility index (Phi) is 10.1. The van der Waals surface area contributed by atoms with E-state index < -0.39 is 0 Å². The largest absolute Gasteiger partial charge is 0.369 e. The van der Waals surface area contributed by atoms with Crippen molar-refractivity contribution < 1.29 is 0 Å². The molecule has 1 heterocycles. The molecule has 0 bridgehead atoms. The zero-order valence-corrected chi connectivity index (χ0v) is 17.2. The number of anilines is 1. The maximum Gasteiger partial charge on any atom is 0.154 e. The highest BCUT2D eigenvalue weighted by molar-refractivity contribution is 6.30. The Morgan fingerprint density at radius 2 is 1.67 bits per heavy atom. The number of nitrogens with two attached hydrogens (primary N) is 1. The van der Waals surface area contributed by atoms with Crippen LogP contribution in [0.2, 0.25) is 5.02 Å². The Balaban J connectivity index is 0.00000182. The van der Waals surface area contributed by atoms with Crippen molar-refractivity contribution in [1.82, 2.24) is 9.97 Å². The quantitative estimate of drug-likeness (QED) is 0.494. The number of hydrogen-bond acceptors (Lipinski definition) is 4. The molecule has 0 spiro atoms. The van der Waals surface area contributed by atoms with Crippen molar-refractivity contribution in [2.75, 3.05) is 18.4 Å². The van der Waals surface area contributed by atoms with Crippen molar-refractivity contribution in [3.63, 3.8) is 0 Å². The number of benzene rings is 2. The van der Waals surface area contributed by atoms with Gasteiger partial charge in [-0.2, -0.15) is 0 Å². The first-order chi connectivity index (χ1) is 12.3. The molecular weight excluding hydrogens is 403 g/mol. The summed E-state index contributed by atoms with van der Waals surface area (Å²) >= 11 is 5.92. The third kappa shape index (κ3) is 6.67. The summed E-state index contributed by atoms with van der Waals surface area (Å²) in [7, 11) is 0. The minimum atomic E-state index is 0. The van der Waals surface area contributed by atoms with Crippen molar-refractivity contribution >= 4 is 65.3 Å². The second kappa shape index (κ2) is 11.8. The Labute approximate surface area is 177 Å². The zero-order chi connectivity index (χ0) is 17.5. The lowest BCUT2D eigenvalue weighted by molar-refractivity contribution is 0.772. The topological polar surface area (TPSA) is 63.8 Å². The molecule has 27 heavy (non-hydrogen) atoms. The van der Waals surface area contributed by atoms with Crippen LogP contribution in [0.15, 0.2) is 48.5 Å². The summed E-state index contributed by atoms with van der Waals surface area (Å²) in [6.07, 6.45) is 5.92. The lowest BCUT2D eigenvalue weighted by Crippen LogP contribution is -2.08. The molecule has 0 saturated heterocycles.